The molecule has 0 heterocycles. The summed E-state index contributed by atoms with van der Waals surface area (Å²) in [6.07, 6.45) is 0. The van der Waals surface area contributed by atoms with Gasteiger partial charge in [0.2, 0.25) is 0 Å². The molecule has 0 fully saturated rings. The fraction of sp³-hybridized carbons (Fsp3) is 0.0714. The third-order valence-electron chi connectivity index (χ3n) is 2.29. The molecule has 84 valence electrons. The quantitative estimate of drug-likeness (QED) is 0.796. The molecule has 0 amide bonds. The third-order valence-corrected chi connectivity index (χ3v) is 4.72. The Morgan fingerprint density at radius 1 is 1.00 bits per heavy atom. The van der Waals surface area contributed by atoms with Crippen molar-refractivity contribution in [3.05, 3.63) is 66.0 Å². The van der Waals surface area contributed by atoms with Crippen LogP contribution in [0.5, 0.6) is 0 Å². The van der Waals surface area contributed by atoms with Crippen molar-refractivity contribution in [2.45, 2.75) is 4.82 Å². The van der Waals surface area contributed by atoms with Crippen molar-refractivity contribution < 1.29 is 4.39 Å². The number of hydrogen-bond donors (Lipinski definition) is 0. The molecule has 2 rings (SSSR count). The van der Waals surface area contributed by atoms with E-state index < -0.39 is 0 Å². The van der Waals surface area contributed by atoms with Gasteiger partial charge in [-0.15, -0.1) is 0 Å². The Hall–Kier alpha value is -1.62. The number of rotatable bonds is 3. The summed E-state index contributed by atoms with van der Waals surface area (Å²) >= 11 is 0.00377. The molecule has 2 aromatic rings. The van der Waals surface area contributed by atoms with Gasteiger partial charge in [0, 0.05) is 0 Å². The van der Waals surface area contributed by atoms with E-state index in [1.165, 1.54) is 12.1 Å². The fourth-order valence-electron chi connectivity index (χ4n) is 1.45. The Morgan fingerprint density at radius 2 is 1.65 bits per heavy atom. The molecule has 0 N–H and O–H groups in total. The van der Waals surface area contributed by atoms with E-state index in [-0.39, 0.29) is 25.6 Å². The summed E-state index contributed by atoms with van der Waals surface area (Å²) in [5, 5.41) is 9.19. The second-order valence-corrected chi connectivity index (χ2v) is 5.96. The summed E-state index contributed by atoms with van der Waals surface area (Å²) in [5.74, 6) is -0.238. The number of nitriles is 1. The summed E-state index contributed by atoms with van der Waals surface area (Å²) < 4.78 is 13.8. The van der Waals surface area contributed by atoms with Gasteiger partial charge < -0.3 is 0 Å². The minimum atomic E-state index is -0.238. The van der Waals surface area contributed by atoms with E-state index in [1.807, 2.05) is 30.3 Å². The van der Waals surface area contributed by atoms with Crippen LogP contribution in [0.15, 0.2) is 54.6 Å². The van der Waals surface area contributed by atoms with Crippen LogP contribution in [0.25, 0.3) is 0 Å². The van der Waals surface area contributed by atoms with Crippen molar-refractivity contribution >= 4 is 19.4 Å². The molecule has 0 bridgehead atoms. The molecule has 0 aliphatic carbocycles. The fourth-order valence-corrected chi connectivity index (χ4v) is 3.36. The number of halogens is 1. The first-order chi connectivity index (χ1) is 8.29. The van der Waals surface area contributed by atoms with E-state index in [0.29, 0.717) is 0 Å². The molecular weight excluding hydrogens is 280 g/mol. The van der Waals surface area contributed by atoms with Gasteiger partial charge >= 0.3 is 106 Å². The molecule has 0 saturated heterocycles. The maximum atomic E-state index is 12.8. The van der Waals surface area contributed by atoms with Crippen molar-refractivity contribution in [1.82, 2.24) is 0 Å². The van der Waals surface area contributed by atoms with Crippen molar-refractivity contribution in [3.63, 3.8) is 0 Å². The SMILES string of the molecule is N#CC([Se]c1ccc(F)cc1)c1ccccc1. The van der Waals surface area contributed by atoms with Crippen molar-refractivity contribution in [3.8, 4) is 6.07 Å². The summed E-state index contributed by atoms with van der Waals surface area (Å²) in [7, 11) is 0. The van der Waals surface area contributed by atoms with Crippen LogP contribution in [-0.2, 0) is 0 Å². The monoisotopic (exact) mass is 291 g/mol. The average molecular weight is 290 g/mol. The van der Waals surface area contributed by atoms with Crippen LogP contribution < -0.4 is 4.46 Å². The zero-order chi connectivity index (χ0) is 12.1. The van der Waals surface area contributed by atoms with Gasteiger partial charge in [-0.1, -0.05) is 0 Å². The van der Waals surface area contributed by atoms with Crippen LogP contribution in [0.3, 0.4) is 0 Å². The Kier molecular flexibility index (Phi) is 3.93. The van der Waals surface area contributed by atoms with E-state index in [4.69, 9.17) is 0 Å². The normalized spacial score (nSPS) is 11.8. The first kappa shape index (κ1) is 11.9. The maximum absolute atomic E-state index is 12.8. The Bertz CT molecular complexity index is 516. The van der Waals surface area contributed by atoms with Crippen LogP contribution in [0.4, 0.5) is 4.39 Å². The van der Waals surface area contributed by atoms with E-state index in [0.717, 1.165) is 10.0 Å². The van der Waals surface area contributed by atoms with Gasteiger partial charge in [-0.2, -0.15) is 0 Å². The van der Waals surface area contributed by atoms with Crippen LogP contribution in [-0.4, -0.2) is 15.0 Å². The van der Waals surface area contributed by atoms with Gasteiger partial charge in [0.25, 0.3) is 0 Å². The molecule has 3 heteroatoms. The average Bonchev–Trinajstić information content (AvgIpc) is 2.39. The van der Waals surface area contributed by atoms with Gasteiger partial charge in [0.05, 0.1) is 0 Å². The Morgan fingerprint density at radius 3 is 2.24 bits per heavy atom. The Balaban J connectivity index is 2.17. The van der Waals surface area contributed by atoms with E-state index >= 15 is 0 Å². The van der Waals surface area contributed by atoms with Gasteiger partial charge in [-0.05, 0) is 0 Å². The third kappa shape index (κ3) is 3.17. The van der Waals surface area contributed by atoms with Gasteiger partial charge in [-0.3, -0.25) is 0 Å². The first-order valence-corrected chi connectivity index (χ1v) is 7.01. The molecule has 0 aliphatic rings. The number of benzene rings is 2. The van der Waals surface area contributed by atoms with Crippen LogP contribution in [0, 0.1) is 17.1 Å². The van der Waals surface area contributed by atoms with Crippen LogP contribution in [0.1, 0.15) is 10.4 Å². The van der Waals surface area contributed by atoms with Gasteiger partial charge in [-0.25, -0.2) is 0 Å². The summed E-state index contributed by atoms with van der Waals surface area (Å²) in [6.45, 7) is 0. The van der Waals surface area contributed by atoms with Gasteiger partial charge in [0.1, 0.15) is 0 Å². The molecule has 2 aromatic carbocycles. The topological polar surface area (TPSA) is 23.8 Å². The molecule has 1 unspecified atom stereocenters. The molecule has 0 saturated carbocycles. The van der Waals surface area contributed by atoms with Crippen molar-refractivity contribution in [2.75, 3.05) is 0 Å². The van der Waals surface area contributed by atoms with E-state index in [2.05, 4.69) is 6.07 Å². The van der Waals surface area contributed by atoms with Crippen molar-refractivity contribution in [1.29, 1.82) is 5.26 Å². The molecule has 0 aromatic heterocycles. The Labute approximate surface area is 106 Å². The second kappa shape index (κ2) is 5.63. The number of nitrogens with zero attached hydrogens (tertiary/aromatic N) is 1. The van der Waals surface area contributed by atoms with Crippen molar-refractivity contribution in [2.24, 2.45) is 0 Å². The molecule has 17 heavy (non-hydrogen) atoms. The minimum absolute atomic E-state index is 0.00377. The number of hydrogen-bond acceptors (Lipinski definition) is 1. The predicted molar refractivity (Wildman–Crippen MR) is 66.6 cm³/mol. The summed E-state index contributed by atoms with van der Waals surface area (Å²) in [6, 6.07) is 18.4. The van der Waals surface area contributed by atoms with E-state index in [9.17, 15) is 9.65 Å². The first-order valence-electron chi connectivity index (χ1n) is 5.16. The molecule has 0 radical (unpaired) electrons. The van der Waals surface area contributed by atoms with Gasteiger partial charge in [0.15, 0.2) is 0 Å². The zero-order valence-electron chi connectivity index (χ0n) is 9.01. The molecule has 1 atom stereocenters. The summed E-state index contributed by atoms with van der Waals surface area (Å²) in [4.78, 5) is -0.117. The predicted octanol–water partition coefficient (Wildman–Crippen LogP) is 2.42. The second-order valence-electron chi connectivity index (χ2n) is 3.49. The molecule has 1 nitrogen and oxygen atoms in total. The zero-order valence-corrected chi connectivity index (χ0v) is 10.7. The molecule has 0 aliphatic heterocycles. The molecule has 0 spiro atoms. The summed E-state index contributed by atoms with van der Waals surface area (Å²) in [5.41, 5.74) is 1.03. The van der Waals surface area contributed by atoms with Crippen LogP contribution in [0.2, 0.25) is 0 Å². The van der Waals surface area contributed by atoms with E-state index in [1.54, 1.807) is 12.1 Å². The molecular formula is C14H10FNSe. The van der Waals surface area contributed by atoms with Crippen LogP contribution >= 0.6 is 0 Å². The standard InChI is InChI=1S/C14H10FNSe/c15-12-6-8-13(9-7-12)17-14(10-16)11-4-2-1-3-5-11/h1-9,14H.